The summed E-state index contributed by atoms with van der Waals surface area (Å²) in [5.74, 6) is 0.240. The highest BCUT2D eigenvalue weighted by Crippen LogP contribution is 2.30. The van der Waals surface area contributed by atoms with Crippen molar-refractivity contribution in [3.05, 3.63) is 33.8 Å². The third kappa shape index (κ3) is 4.68. The number of rotatable bonds is 5. The summed E-state index contributed by atoms with van der Waals surface area (Å²) in [5, 5.41) is 0.955. The Morgan fingerprint density at radius 1 is 1.03 bits per heavy atom. The molecule has 1 aromatic rings. The number of hydrogen-bond donors (Lipinski definition) is 0. The Kier molecular flexibility index (Phi) is 7.00. The second-order valence-corrected chi connectivity index (χ2v) is 9.41. The van der Waals surface area contributed by atoms with Gasteiger partial charge in [-0.1, -0.05) is 29.3 Å². The van der Waals surface area contributed by atoms with Gasteiger partial charge in [-0.15, -0.1) is 0 Å². The smallest absolute Gasteiger partial charge is 0.227 e. The highest BCUT2D eigenvalue weighted by atomic mass is 35.5. The van der Waals surface area contributed by atoms with Crippen LogP contribution in [0, 0.1) is 0 Å². The largest absolute Gasteiger partial charge is 0.378 e. The molecule has 3 fully saturated rings. The maximum Gasteiger partial charge on any atom is 0.227 e. The summed E-state index contributed by atoms with van der Waals surface area (Å²) < 4.78 is 5.99. The van der Waals surface area contributed by atoms with Crippen molar-refractivity contribution in [2.45, 2.75) is 44.3 Å². The molecule has 164 valence electrons. The minimum Gasteiger partial charge on any atom is -0.378 e. The van der Waals surface area contributed by atoms with Gasteiger partial charge in [0.1, 0.15) is 5.78 Å². The van der Waals surface area contributed by atoms with Crippen LogP contribution in [0.5, 0.6) is 0 Å². The molecule has 4 rings (SSSR count). The topological polar surface area (TPSA) is 53.1 Å². The van der Waals surface area contributed by atoms with E-state index in [0.29, 0.717) is 49.3 Å². The molecule has 2 unspecified atom stereocenters. The first-order valence-corrected chi connectivity index (χ1v) is 11.5. The van der Waals surface area contributed by atoms with Gasteiger partial charge in [-0.2, -0.15) is 0 Å². The van der Waals surface area contributed by atoms with Crippen LogP contribution in [0.1, 0.15) is 25.3 Å². The number of halogens is 2. The van der Waals surface area contributed by atoms with E-state index in [1.165, 1.54) is 12.8 Å². The normalized spacial score (nSPS) is 27.8. The van der Waals surface area contributed by atoms with Crippen molar-refractivity contribution in [1.82, 2.24) is 14.7 Å². The van der Waals surface area contributed by atoms with E-state index in [9.17, 15) is 9.59 Å². The van der Waals surface area contributed by atoms with Gasteiger partial charge in [-0.3, -0.25) is 19.4 Å². The minimum absolute atomic E-state index is 0.0280. The molecule has 6 nitrogen and oxygen atoms in total. The monoisotopic (exact) mass is 453 g/mol. The molecule has 0 bridgehead atoms. The van der Waals surface area contributed by atoms with Gasteiger partial charge < -0.3 is 9.64 Å². The van der Waals surface area contributed by atoms with Gasteiger partial charge in [-0.25, -0.2) is 0 Å². The summed E-state index contributed by atoms with van der Waals surface area (Å²) in [7, 11) is 0. The predicted molar refractivity (Wildman–Crippen MR) is 117 cm³/mol. The zero-order valence-electron chi connectivity index (χ0n) is 17.4. The maximum atomic E-state index is 13.4. The van der Waals surface area contributed by atoms with Crippen LogP contribution in [0.3, 0.4) is 0 Å². The Bertz CT molecular complexity index is 800. The molecule has 1 amide bonds. The van der Waals surface area contributed by atoms with Gasteiger partial charge in [0.25, 0.3) is 0 Å². The number of ketones is 1. The molecule has 3 aliphatic heterocycles. The van der Waals surface area contributed by atoms with E-state index >= 15 is 0 Å². The van der Waals surface area contributed by atoms with Crippen molar-refractivity contribution >= 4 is 34.9 Å². The Labute approximate surface area is 188 Å². The first-order valence-electron chi connectivity index (χ1n) is 10.7. The Morgan fingerprint density at radius 3 is 2.47 bits per heavy atom. The average Bonchev–Trinajstić information content (AvgIpc) is 3.25. The lowest BCUT2D eigenvalue weighted by atomic mass is 9.90. The summed E-state index contributed by atoms with van der Waals surface area (Å²) in [5.41, 5.74) is 0.863. The minimum atomic E-state index is 0.0280. The van der Waals surface area contributed by atoms with E-state index in [1.54, 1.807) is 19.1 Å². The standard InChI is InChI=1S/C22H29Cl2N3O3/c1-15(28)12-26-8-9-27(21(29)11-16-4-5-17(23)18(24)10-16)22-19(13-30-14-20(22)26)25-6-2-3-7-25/h4-5,10,19-20,22H,2-3,6-9,11-14H2,1H3/t19?,20?,22-/m1/s1. The number of carbonyl (C=O) groups is 2. The number of hydrogen-bond acceptors (Lipinski definition) is 5. The Hall–Kier alpha value is -1.18. The second-order valence-electron chi connectivity index (χ2n) is 8.59. The first-order chi connectivity index (χ1) is 14.4. The van der Waals surface area contributed by atoms with Crippen molar-refractivity contribution in [2.75, 3.05) is 45.9 Å². The van der Waals surface area contributed by atoms with E-state index in [1.807, 2.05) is 11.0 Å². The summed E-state index contributed by atoms with van der Waals surface area (Å²) in [6.07, 6.45) is 2.66. The Morgan fingerprint density at radius 2 is 1.77 bits per heavy atom. The Balaban J connectivity index is 1.57. The number of piperazine rings is 1. The van der Waals surface area contributed by atoms with Crippen molar-refractivity contribution < 1.29 is 14.3 Å². The molecule has 0 aliphatic carbocycles. The lowest BCUT2D eigenvalue weighted by Gasteiger charge is -2.54. The molecular formula is C22H29Cl2N3O3. The van der Waals surface area contributed by atoms with Gasteiger partial charge in [0.05, 0.1) is 54.4 Å². The highest BCUT2D eigenvalue weighted by Gasteiger charge is 2.47. The molecule has 3 saturated heterocycles. The number of likely N-dealkylation sites (tertiary alicyclic amines) is 1. The second kappa shape index (κ2) is 9.53. The van der Waals surface area contributed by atoms with Gasteiger partial charge in [0, 0.05) is 13.1 Å². The molecule has 0 spiro atoms. The zero-order chi connectivity index (χ0) is 21.3. The molecule has 8 heteroatoms. The van der Waals surface area contributed by atoms with E-state index in [2.05, 4.69) is 9.80 Å². The van der Waals surface area contributed by atoms with Crippen molar-refractivity contribution in [3.8, 4) is 0 Å². The third-order valence-electron chi connectivity index (χ3n) is 6.52. The molecule has 0 saturated carbocycles. The third-order valence-corrected chi connectivity index (χ3v) is 7.26. The predicted octanol–water partition coefficient (Wildman–Crippen LogP) is 2.50. The highest BCUT2D eigenvalue weighted by molar-refractivity contribution is 6.42. The molecule has 0 radical (unpaired) electrons. The summed E-state index contributed by atoms with van der Waals surface area (Å²) in [6.45, 7) is 6.61. The molecule has 0 N–H and O–H groups in total. The van der Waals surface area contributed by atoms with Crippen molar-refractivity contribution in [3.63, 3.8) is 0 Å². The van der Waals surface area contributed by atoms with Crippen LogP contribution in [0.4, 0.5) is 0 Å². The summed E-state index contributed by atoms with van der Waals surface area (Å²) in [6, 6.07) is 5.60. The first kappa shape index (κ1) is 22.0. The fourth-order valence-corrected chi connectivity index (χ4v) is 5.47. The zero-order valence-corrected chi connectivity index (χ0v) is 18.9. The van der Waals surface area contributed by atoms with Crippen LogP contribution in [0.15, 0.2) is 18.2 Å². The van der Waals surface area contributed by atoms with Crippen LogP contribution >= 0.6 is 23.2 Å². The van der Waals surface area contributed by atoms with Gasteiger partial charge in [0.15, 0.2) is 0 Å². The lowest BCUT2D eigenvalue weighted by Crippen LogP contribution is -2.71. The van der Waals surface area contributed by atoms with Crippen LogP contribution in [0.2, 0.25) is 10.0 Å². The number of carbonyl (C=O) groups excluding carboxylic acids is 2. The molecule has 1 aromatic carbocycles. The molecule has 3 aliphatic rings. The van der Waals surface area contributed by atoms with Gasteiger partial charge in [0.2, 0.25) is 5.91 Å². The molecule has 3 atom stereocenters. The lowest BCUT2D eigenvalue weighted by molar-refractivity contribution is -0.153. The SMILES string of the molecule is CC(=O)CN1CCN(C(=O)Cc2ccc(Cl)c(Cl)c2)[C@@H]2C(N3CCCC3)COCC21. The number of Topliss-reactive ketones (excluding diaryl/α,β-unsaturated/α-hetero) is 1. The average molecular weight is 454 g/mol. The molecule has 3 heterocycles. The van der Waals surface area contributed by atoms with Gasteiger partial charge in [-0.05, 0) is 50.6 Å². The quantitative estimate of drug-likeness (QED) is 0.685. The van der Waals surface area contributed by atoms with Crippen LogP contribution in [0.25, 0.3) is 0 Å². The van der Waals surface area contributed by atoms with E-state index in [0.717, 1.165) is 18.7 Å². The fourth-order valence-electron chi connectivity index (χ4n) is 5.14. The number of fused-ring (bicyclic) bond motifs is 1. The molecular weight excluding hydrogens is 425 g/mol. The fraction of sp³-hybridized carbons (Fsp3) is 0.636. The number of benzene rings is 1. The maximum absolute atomic E-state index is 13.4. The van der Waals surface area contributed by atoms with E-state index in [-0.39, 0.29) is 29.8 Å². The summed E-state index contributed by atoms with van der Waals surface area (Å²) in [4.78, 5) is 32.0. The molecule has 0 aromatic heterocycles. The van der Waals surface area contributed by atoms with E-state index in [4.69, 9.17) is 27.9 Å². The van der Waals surface area contributed by atoms with Crippen molar-refractivity contribution in [2.24, 2.45) is 0 Å². The van der Waals surface area contributed by atoms with Crippen LogP contribution in [-0.2, 0) is 20.7 Å². The molecule has 30 heavy (non-hydrogen) atoms. The van der Waals surface area contributed by atoms with E-state index < -0.39 is 0 Å². The van der Waals surface area contributed by atoms with Crippen LogP contribution in [-0.4, -0.2) is 90.5 Å². The number of ether oxygens (including phenoxy) is 1. The number of nitrogens with zero attached hydrogens (tertiary/aromatic N) is 3. The van der Waals surface area contributed by atoms with Crippen LogP contribution < -0.4 is 0 Å². The summed E-state index contributed by atoms with van der Waals surface area (Å²) >= 11 is 12.2. The van der Waals surface area contributed by atoms with Crippen molar-refractivity contribution in [1.29, 1.82) is 0 Å². The van der Waals surface area contributed by atoms with Gasteiger partial charge >= 0.3 is 0 Å². The number of amides is 1.